The van der Waals surface area contributed by atoms with Crippen molar-refractivity contribution in [2.45, 2.75) is 13.0 Å². The molecular formula is C13H16ClN5O. The monoisotopic (exact) mass is 293 g/mol. The molecule has 0 saturated heterocycles. The van der Waals surface area contributed by atoms with Gasteiger partial charge in [0.2, 0.25) is 5.91 Å². The molecule has 106 valence electrons. The molecule has 2 rings (SSSR count). The maximum absolute atomic E-state index is 11.0. The van der Waals surface area contributed by atoms with Crippen LogP contribution in [-0.4, -0.2) is 27.2 Å². The van der Waals surface area contributed by atoms with Crippen LogP contribution in [-0.2, 0) is 20.0 Å². The highest BCUT2D eigenvalue weighted by atomic mass is 35.5. The number of rotatable bonds is 6. The van der Waals surface area contributed by atoms with E-state index >= 15 is 0 Å². The molecule has 2 aromatic rings. The number of hydrogen-bond donors (Lipinski definition) is 2. The zero-order valence-electron chi connectivity index (χ0n) is 11.1. The fraction of sp³-hybridized carbons (Fsp3) is 0.308. The molecule has 0 radical (unpaired) electrons. The van der Waals surface area contributed by atoms with E-state index in [0.717, 1.165) is 24.4 Å². The van der Waals surface area contributed by atoms with Gasteiger partial charge in [0.1, 0.15) is 12.2 Å². The highest BCUT2D eigenvalue weighted by molar-refractivity contribution is 6.31. The predicted molar refractivity (Wildman–Crippen MR) is 76.4 cm³/mol. The summed E-state index contributed by atoms with van der Waals surface area (Å²) < 4.78 is 1.89. The normalized spacial score (nSPS) is 10.7. The number of amides is 1. The summed E-state index contributed by atoms with van der Waals surface area (Å²) in [5, 5.41) is 11.6. The molecule has 0 aliphatic carbocycles. The van der Waals surface area contributed by atoms with Crippen molar-refractivity contribution >= 4 is 17.5 Å². The van der Waals surface area contributed by atoms with E-state index in [1.54, 1.807) is 24.5 Å². The summed E-state index contributed by atoms with van der Waals surface area (Å²) in [4.78, 5) is 11.0. The molecule has 0 fully saturated rings. The number of benzene rings is 1. The first kappa shape index (κ1) is 14.5. The van der Waals surface area contributed by atoms with Gasteiger partial charge in [-0.3, -0.25) is 4.79 Å². The number of primary amides is 1. The third kappa shape index (κ3) is 3.55. The van der Waals surface area contributed by atoms with Crippen LogP contribution in [0.1, 0.15) is 21.7 Å². The lowest BCUT2D eigenvalue weighted by Gasteiger charge is -2.07. The van der Waals surface area contributed by atoms with Gasteiger partial charge in [-0.05, 0) is 17.7 Å². The van der Waals surface area contributed by atoms with Crippen LogP contribution in [0.25, 0.3) is 0 Å². The molecule has 0 saturated carbocycles. The lowest BCUT2D eigenvalue weighted by Crippen LogP contribution is -2.18. The van der Waals surface area contributed by atoms with E-state index in [1.165, 1.54) is 0 Å². The molecule has 0 aliphatic rings. The van der Waals surface area contributed by atoms with E-state index in [4.69, 9.17) is 17.3 Å². The SMILES string of the molecule is Cn1cnnc1CCNCc1ccc(C(N)=O)cc1Cl. The molecule has 0 atom stereocenters. The molecule has 7 heteroatoms. The second kappa shape index (κ2) is 6.49. The summed E-state index contributed by atoms with van der Waals surface area (Å²) in [7, 11) is 1.91. The number of aryl methyl sites for hydroxylation is 1. The maximum Gasteiger partial charge on any atom is 0.248 e. The third-order valence-electron chi connectivity index (χ3n) is 2.98. The lowest BCUT2D eigenvalue weighted by atomic mass is 10.1. The summed E-state index contributed by atoms with van der Waals surface area (Å²) in [6, 6.07) is 5.06. The van der Waals surface area contributed by atoms with Crippen molar-refractivity contribution in [1.29, 1.82) is 0 Å². The first-order chi connectivity index (χ1) is 9.58. The predicted octanol–water partition coefficient (Wildman–Crippen LogP) is 0.900. The van der Waals surface area contributed by atoms with Crippen LogP contribution < -0.4 is 11.1 Å². The van der Waals surface area contributed by atoms with Crippen LogP contribution >= 0.6 is 11.6 Å². The number of aromatic nitrogens is 3. The van der Waals surface area contributed by atoms with Crippen LogP contribution in [0.4, 0.5) is 0 Å². The van der Waals surface area contributed by atoms with Gasteiger partial charge in [0, 0.05) is 37.1 Å². The smallest absolute Gasteiger partial charge is 0.248 e. The Morgan fingerprint density at radius 1 is 1.50 bits per heavy atom. The Bertz CT molecular complexity index is 611. The van der Waals surface area contributed by atoms with Crippen molar-refractivity contribution in [3.63, 3.8) is 0 Å². The zero-order chi connectivity index (χ0) is 14.5. The second-order valence-electron chi connectivity index (χ2n) is 4.46. The topological polar surface area (TPSA) is 85.8 Å². The van der Waals surface area contributed by atoms with Crippen LogP contribution in [0.5, 0.6) is 0 Å². The van der Waals surface area contributed by atoms with E-state index in [0.29, 0.717) is 17.1 Å². The van der Waals surface area contributed by atoms with Gasteiger partial charge in [-0.2, -0.15) is 0 Å². The van der Waals surface area contributed by atoms with Gasteiger partial charge in [0.05, 0.1) is 0 Å². The highest BCUT2D eigenvalue weighted by Gasteiger charge is 2.06. The van der Waals surface area contributed by atoms with Gasteiger partial charge in [0.25, 0.3) is 0 Å². The van der Waals surface area contributed by atoms with Crippen molar-refractivity contribution in [2.24, 2.45) is 12.8 Å². The molecule has 3 N–H and O–H groups in total. The fourth-order valence-electron chi connectivity index (χ4n) is 1.80. The summed E-state index contributed by atoms with van der Waals surface area (Å²) in [6.07, 6.45) is 2.46. The summed E-state index contributed by atoms with van der Waals surface area (Å²) in [6.45, 7) is 1.39. The molecule has 1 aromatic carbocycles. The largest absolute Gasteiger partial charge is 0.366 e. The second-order valence-corrected chi connectivity index (χ2v) is 4.86. The number of nitrogens with one attached hydrogen (secondary N) is 1. The number of nitrogens with two attached hydrogens (primary N) is 1. The number of hydrogen-bond acceptors (Lipinski definition) is 4. The zero-order valence-corrected chi connectivity index (χ0v) is 11.9. The standard InChI is InChI=1S/C13H16ClN5O/c1-19-8-17-18-12(19)4-5-16-7-10-3-2-9(13(15)20)6-11(10)14/h2-3,6,8,16H,4-5,7H2,1H3,(H2,15,20). The van der Waals surface area contributed by atoms with E-state index in [-0.39, 0.29) is 0 Å². The van der Waals surface area contributed by atoms with Crippen LogP contribution in [0.15, 0.2) is 24.5 Å². The third-order valence-corrected chi connectivity index (χ3v) is 3.34. The van der Waals surface area contributed by atoms with Gasteiger partial charge in [0.15, 0.2) is 0 Å². The van der Waals surface area contributed by atoms with E-state index in [2.05, 4.69) is 15.5 Å². The lowest BCUT2D eigenvalue weighted by molar-refractivity contribution is 0.100. The van der Waals surface area contributed by atoms with Crippen molar-refractivity contribution in [2.75, 3.05) is 6.54 Å². The Morgan fingerprint density at radius 2 is 2.30 bits per heavy atom. The quantitative estimate of drug-likeness (QED) is 0.775. The molecular weight excluding hydrogens is 278 g/mol. The van der Waals surface area contributed by atoms with E-state index in [1.807, 2.05) is 11.6 Å². The minimum absolute atomic E-state index is 0.415. The van der Waals surface area contributed by atoms with Gasteiger partial charge < -0.3 is 15.6 Å². The van der Waals surface area contributed by atoms with Gasteiger partial charge in [-0.1, -0.05) is 17.7 Å². The van der Waals surface area contributed by atoms with E-state index < -0.39 is 5.91 Å². The molecule has 0 bridgehead atoms. The summed E-state index contributed by atoms with van der Waals surface area (Å²) in [5.74, 6) is 0.446. The Kier molecular flexibility index (Phi) is 4.70. The average Bonchev–Trinajstić information content (AvgIpc) is 2.81. The first-order valence-corrected chi connectivity index (χ1v) is 6.57. The molecule has 0 spiro atoms. The fourth-order valence-corrected chi connectivity index (χ4v) is 2.05. The minimum atomic E-state index is -0.478. The number of carbonyl (C=O) groups is 1. The van der Waals surface area contributed by atoms with Crippen molar-refractivity contribution in [1.82, 2.24) is 20.1 Å². The average molecular weight is 294 g/mol. The Balaban J connectivity index is 1.85. The molecule has 0 unspecified atom stereocenters. The van der Waals surface area contributed by atoms with E-state index in [9.17, 15) is 4.79 Å². The van der Waals surface area contributed by atoms with Crippen LogP contribution in [0.2, 0.25) is 5.02 Å². The molecule has 20 heavy (non-hydrogen) atoms. The Hall–Kier alpha value is -1.92. The minimum Gasteiger partial charge on any atom is -0.366 e. The van der Waals surface area contributed by atoms with Crippen LogP contribution in [0, 0.1) is 0 Å². The van der Waals surface area contributed by atoms with Gasteiger partial charge >= 0.3 is 0 Å². The Morgan fingerprint density at radius 3 is 2.90 bits per heavy atom. The highest BCUT2D eigenvalue weighted by Crippen LogP contribution is 2.17. The van der Waals surface area contributed by atoms with Crippen molar-refractivity contribution in [3.05, 3.63) is 46.5 Å². The number of carbonyl (C=O) groups excluding carboxylic acids is 1. The number of halogens is 1. The molecule has 1 aromatic heterocycles. The Labute approximate surface area is 121 Å². The molecule has 6 nitrogen and oxygen atoms in total. The molecule has 0 aliphatic heterocycles. The molecule has 1 heterocycles. The summed E-state index contributed by atoms with van der Waals surface area (Å²) >= 11 is 6.10. The summed E-state index contributed by atoms with van der Waals surface area (Å²) in [5.41, 5.74) is 6.53. The van der Waals surface area contributed by atoms with Gasteiger partial charge in [-0.15, -0.1) is 10.2 Å². The van der Waals surface area contributed by atoms with Crippen molar-refractivity contribution in [3.8, 4) is 0 Å². The maximum atomic E-state index is 11.0. The van der Waals surface area contributed by atoms with Crippen molar-refractivity contribution < 1.29 is 4.79 Å². The molecule has 1 amide bonds. The van der Waals surface area contributed by atoms with Gasteiger partial charge in [-0.25, -0.2) is 0 Å². The first-order valence-electron chi connectivity index (χ1n) is 6.19. The number of nitrogens with zero attached hydrogens (tertiary/aromatic N) is 3. The van der Waals surface area contributed by atoms with Crippen LogP contribution in [0.3, 0.4) is 0 Å².